The van der Waals surface area contributed by atoms with Crippen LogP contribution in [0, 0.1) is 0 Å². The summed E-state index contributed by atoms with van der Waals surface area (Å²) in [5.74, 6) is 0.702. The zero-order chi connectivity index (χ0) is 14.5. The molecular formula is C16H25N3O. The van der Waals surface area contributed by atoms with Gasteiger partial charge >= 0.3 is 0 Å². The maximum absolute atomic E-state index is 11.6. The molecule has 0 N–H and O–H groups in total. The van der Waals surface area contributed by atoms with Crippen LogP contribution in [-0.2, 0) is 11.2 Å². The number of piperidine rings is 1. The van der Waals surface area contributed by atoms with Gasteiger partial charge in [-0.3, -0.25) is 9.78 Å². The summed E-state index contributed by atoms with van der Waals surface area (Å²) in [7, 11) is 5.76. The molecule has 1 unspecified atom stereocenters. The predicted octanol–water partition coefficient (Wildman–Crippen LogP) is 1.91. The minimum atomic E-state index is 0.162. The van der Waals surface area contributed by atoms with Gasteiger partial charge in [-0.1, -0.05) is 6.07 Å². The molecular weight excluding hydrogens is 250 g/mol. The molecule has 0 radical (unpaired) electrons. The van der Waals surface area contributed by atoms with E-state index >= 15 is 0 Å². The Morgan fingerprint density at radius 1 is 1.45 bits per heavy atom. The van der Waals surface area contributed by atoms with E-state index in [1.54, 1.807) is 19.0 Å². The van der Waals surface area contributed by atoms with Crippen molar-refractivity contribution in [2.24, 2.45) is 0 Å². The van der Waals surface area contributed by atoms with Crippen LogP contribution >= 0.6 is 0 Å². The number of nitrogens with zero attached hydrogens (tertiary/aromatic N) is 3. The molecule has 0 aromatic carbocycles. The maximum atomic E-state index is 11.6. The highest BCUT2D eigenvalue weighted by Crippen LogP contribution is 2.24. The summed E-state index contributed by atoms with van der Waals surface area (Å²) >= 11 is 0. The minimum Gasteiger partial charge on any atom is -0.349 e. The SMILES string of the molecule is CN1CCCC(c2cccc(CCC(=O)N(C)C)n2)C1. The molecule has 1 aromatic heterocycles. The van der Waals surface area contributed by atoms with Gasteiger partial charge in [0.2, 0.25) is 5.91 Å². The Hall–Kier alpha value is -1.42. The van der Waals surface area contributed by atoms with E-state index in [0.717, 1.165) is 18.7 Å². The number of aryl methyl sites for hydroxylation is 1. The Morgan fingerprint density at radius 2 is 2.25 bits per heavy atom. The molecule has 0 aliphatic carbocycles. The summed E-state index contributed by atoms with van der Waals surface area (Å²) in [6.45, 7) is 2.28. The third kappa shape index (κ3) is 4.04. The first-order chi connectivity index (χ1) is 9.56. The second-order valence-electron chi connectivity index (χ2n) is 5.94. The fourth-order valence-electron chi connectivity index (χ4n) is 2.73. The summed E-state index contributed by atoms with van der Waals surface area (Å²) < 4.78 is 0. The summed E-state index contributed by atoms with van der Waals surface area (Å²) in [4.78, 5) is 20.4. The van der Waals surface area contributed by atoms with E-state index in [-0.39, 0.29) is 5.91 Å². The number of pyridine rings is 1. The molecule has 0 bridgehead atoms. The zero-order valence-corrected chi connectivity index (χ0v) is 12.8. The Labute approximate surface area is 121 Å². The largest absolute Gasteiger partial charge is 0.349 e. The fraction of sp³-hybridized carbons (Fsp3) is 0.625. The second kappa shape index (κ2) is 6.84. The molecule has 0 saturated carbocycles. The number of aromatic nitrogens is 1. The van der Waals surface area contributed by atoms with E-state index in [9.17, 15) is 4.79 Å². The van der Waals surface area contributed by atoms with Crippen LogP contribution in [0.2, 0.25) is 0 Å². The highest BCUT2D eigenvalue weighted by atomic mass is 16.2. The van der Waals surface area contributed by atoms with Gasteiger partial charge in [0, 0.05) is 44.4 Å². The van der Waals surface area contributed by atoms with E-state index in [4.69, 9.17) is 4.98 Å². The quantitative estimate of drug-likeness (QED) is 0.842. The molecule has 2 heterocycles. The Balaban J connectivity index is 1.98. The van der Waals surface area contributed by atoms with Crippen LogP contribution in [0.1, 0.15) is 36.6 Å². The first-order valence-corrected chi connectivity index (χ1v) is 7.41. The third-order valence-electron chi connectivity index (χ3n) is 3.96. The molecule has 4 nitrogen and oxygen atoms in total. The van der Waals surface area contributed by atoms with Crippen molar-refractivity contribution in [3.63, 3.8) is 0 Å². The first-order valence-electron chi connectivity index (χ1n) is 7.41. The number of amides is 1. The van der Waals surface area contributed by atoms with Gasteiger partial charge < -0.3 is 9.80 Å². The second-order valence-corrected chi connectivity index (χ2v) is 5.94. The lowest BCUT2D eigenvalue weighted by Crippen LogP contribution is -2.31. The van der Waals surface area contributed by atoms with Crippen molar-refractivity contribution >= 4 is 5.91 Å². The third-order valence-corrected chi connectivity index (χ3v) is 3.96. The van der Waals surface area contributed by atoms with Gasteiger partial charge in [-0.15, -0.1) is 0 Å². The van der Waals surface area contributed by atoms with E-state index in [2.05, 4.69) is 24.1 Å². The van der Waals surface area contributed by atoms with Crippen molar-refractivity contribution < 1.29 is 4.79 Å². The number of hydrogen-bond acceptors (Lipinski definition) is 3. The predicted molar refractivity (Wildman–Crippen MR) is 80.7 cm³/mol. The Kier molecular flexibility index (Phi) is 5.12. The van der Waals surface area contributed by atoms with Crippen molar-refractivity contribution in [3.8, 4) is 0 Å². The molecule has 1 aromatic rings. The first kappa shape index (κ1) is 15.0. The van der Waals surface area contributed by atoms with Crippen molar-refractivity contribution in [3.05, 3.63) is 29.6 Å². The van der Waals surface area contributed by atoms with Gasteiger partial charge in [-0.25, -0.2) is 0 Å². The van der Waals surface area contributed by atoms with E-state index in [1.165, 1.54) is 25.1 Å². The van der Waals surface area contributed by atoms with Gasteiger partial charge in [-0.05, 0) is 45.0 Å². The number of carbonyl (C=O) groups excluding carboxylic acids is 1. The molecule has 20 heavy (non-hydrogen) atoms. The maximum Gasteiger partial charge on any atom is 0.222 e. The molecule has 110 valence electrons. The molecule has 1 atom stereocenters. The number of rotatable bonds is 4. The van der Waals surface area contributed by atoms with Gasteiger partial charge in [0.25, 0.3) is 0 Å². The van der Waals surface area contributed by atoms with E-state index in [0.29, 0.717) is 12.3 Å². The van der Waals surface area contributed by atoms with Gasteiger partial charge in [-0.2, -0.15) is 0 Å². The summed E-state index contributed by atoms with van der Waals surface area (Å²) in [6, 6.07) is 6.23. The molecule has 1 fully saturated rings. The molecule has 4 heteroatoms. The standard InChI is InChI=1S/C16H25N3O/c1-18(2)16(20)10-9-14-7-4-8-15(17-14)13-6-5-11-19(3)12-13/h4,7-8,13H,5-6,9-12H2,1-3H3. The number of likely N-dealkylation sites (tertiary alicyclic amines) is 1. The van der Waals surface area contributed by atoms with Gasteiger partial charge in [0.1, 0.15) is 0 Å². The van der Waals surface area contributed by atoms with Crippen molar-refractivity contribution in [1.82, 2.24) is 14.8 Å². The average Bonchev–Trinajstić information content (AvgIpc) is 2.45. The molecule has 2 rings (SSSR count). The minimum absolute atomic E-state index is 0.162. The Bertz CT molecular complexity index is 459. The highest BCUT2D eigenvalue weighted by molar-refractivity contribution is 5.75. The number of carbonyl (C=O) groups is 1. The summed E-state index contributed by atoms with van der Waals surface area (Å²) in [5, 5.41) is 0. The summed E-state index contributed by atoms with van der Waals surface area (Å²) in [5.41, 5.74) is 2.22. The molecule has 0 spiro atoms. The van der Waals surface area contributed by atoms with Gasteiger partial charge in [0.05, 0.1) is 0 Å². The van der Waals surface area contributed by atoms with Crippen LogP contribution in [0.4, 0.5) is 0 Å². The van der Waals surface area contributed by atoms with E-state index < -0.39 is 0 Å². The van der Waals surface area contributed by atoms with E-state index in [1.807, 2.05) is 6.07 Å². The van der Waals surface area contributed by atoms with Gasteiger partial charge in [0.15, 0.2) is 0 Å². The van der Waals surface area contributed by atoms with Crippen molar-refractivity contribution in [2.75, 3.05) is 34.2 Å². The van der Waals surface area contributed by atoms with Crippen LogP contribution < -0.4 is 0 Å². The fourth-order valence-corrected chi connectivity index (χ4v) is 2.73. The monoisotopic (exact) mass is 275 g/mol. The normalized spacial score (nSPS) is 19.9. The van der Waals surface area contributed by atoms with Crippen molar-refractivity contribution in [2.45, 2.75) is 31.6 Å². The smallest absolute Gasteiger partial charge is 0.222 e. The molecule has 1 aliphatic heterocycles. The van der Waals surface area contributed by atoms with Crippen LogP contribution in [0.5, 0.6) is 0 Å². The topological polar surface area (TPSA) is 36.4 Å². The molecule has 1 aliphatic rings. The lowest BCUT2D eigenvalue weighted by molar-refractivity contribution is -0.128. The number of likely N-dealkylation sites (N-methyl/N-ethyl adjacent to an activating group) is 1. The Morgan fingerprint density at radius 3 is 2.95 bits per heavy atom. The zero-order valence-electron chi connectivity index (χ0n) is 12.8. The molecule has 1 saturated heterocycles. The summed E-state index contributed by atoms with van der Waals surface area (Å²) in [6.07, 6.45) is 3.73. The van der Waals surface area contributed by atoms with Crippen molar-refractivity contribution in [1.29, 1.82) is 0 Å². The van der Waals surface area contributed by atoms with Crippen LogP contribution in [0.25, 0.3) is 0 Å². The average molecular weight is 275 g/mol. The van der Waals surface area contributed by atoms with Crippen LogP contribution in [0.3, 0.4) is 0 Å². The highest BCUT2D eigenvalue weighted by Gasteiger charge is 2.20. The lowest BCUT2D eigenvalue weighted by Gasteiger charge is -2.29. The van der Waals surface area contributed by atoms with Crippen LogP contribution in [-0.4, -0.2) is 54.9 Å². The molecule has 1 amide bonds. The van der Waals surface area contributed by atoms with Crippen LogP contribution in [0.15, 0.2) is 18.2 Å². The number of hydrogen-bond donors (Lipinski definition) is 0. The lowest BCUT2D eigenvalue weighted by atomic mass is 9.94.